The maximum Gasteiger partial charge on any atom is 0.322 e. The van der Waals surface area contributed by atoms with Gasteiger partial charge in [-0.1, -0.05) is 6.07 Å². The summed E-state index contributed by atoms with van der Waals surface area (Å²) >= 11 is 0. The number of nitrogen functional groups attached to an aromatic ring is 1. The van der Waals surface area contributed by atoms with E-state index in [1.54, 1.807) is 12.1 Å². The third kappa shape index (κ3) is 2.80. The molecule has 1 aromatic heterocycles. The summed E-state index contributed by atoms with van der Waals surface area (Å²) in [6.07, 6.45) is 0. The summed E-state index contributed by atoms with van der Waals surface area (Å²) < 4.78 is 17.9. The van der Waals surface area contributed by atoms with Crippen molar-refractivity contribution in [3.05, 3.63) is 30.1 Å². The van der Waals surface area contributed by atoms with Gasteiger partial charge in [0.15, 0.2) is 0 Å². The Balaban J connectivity index is 2.28. The van der Waals surface area contributed by atoms with Crippen LogP contribution in [0.15, 0.2) is 24.3 Å². The third-order valence-electron chi connectivity index (χ3n) is 2.01. The number of nitrogens with zero attached hydrogens (tertiary/aromatic N) is 3. The molecule has 0 saturated carbocycles. The van der Waals surface area contributed by atoms with Crippen LogP contribution in [0.25, 0.3) is 0 Å². The van der Waals surface area contributed by atoms with Gasteiger partial charge in [0.2, 0.25) is 11.9 Å². The lowest BCUT2D eigenvalue weighted by Crippen LogP contribution is -2.13. The molecule has 0 fully saturated rings. The molecule has 0 atom stereocenters. The van der Waals surface area contributed by atoms with Crippen molar-refractivity contribution in [2.75, 3.05) is 17.9 Å². The second-order valence-corrected chi connectivity index (χ2v) is 3.25. The van der Waals surface area contributed by atoms with E-state index in [1.165, 1.54) is 19.2 Å². The van der Waals surface area contributed by atoms with Crippen LogP contribution in [0.4, 0.5) is 22.0 Å². The fraction of sp³-hybridized carbons (Fsp3) is 0.100. The Labute approximate surface area is 102 Å². The van der Waals surface area contributed by atoms with Gasteiger partial charge in [-0.25, -0.2) is 10.2 Å². The molecule has 7 nitrogen and oxygen atoms in total. The maximum atomic E-state index is 13.0. The number of hydrogen-bond acceptors (Lipinski definition) is 7. The monoisotopic (exact) mass is 250 g/mol. The summed E-state index contributed by atoms with van der Waals surface area (Å²) in [5.41, 5.74) is 2.79. The average Bonchev–Trinajstić information content (AvgIpc) is 2.38. The second-order valence-electron chi connectivity index (χ2n) is 3.25. The second kappa shape index (κ2) is 5.23. The van der Waals surface area contributed by atoms with E-state index >= 15 is 0 Å². The highest BCUT2D eigenvalue weighted by Gasteiger charge is 2.06. The minimum atomic E-state index is -0.363. The highest BCUT2D eigenvalue weighted by molar-refractivity contribution is 5.54. The molecule has 4 N–H and O–H groups in total. The maximum absolute atomic E-state index is 13.0. The van der Waals surface area contributed by atoms with Crippen LogP contribution in [0.2, 0.25) is 0 Å². The lowest BCUT2D eigenvalue weighted by molar-refractivity contribution is 0.379. The number of nitrogens with two attached hydrogens (primary N) is 1. The first-order valence-electron chi connectivity index (χ1n) is 5.00. The predicted octanol–water partition coefficient (Wildman–Crippen LogP) is 1.05. The van der Waals surface area contributed by atoms with Gasteiger partial charge in [0.05, 0.1) is 7.11 Å². The number of ether oxygens (including phenoxy) is 1. The van der Waals surface area contributed by atoms with Crippen LogP contribution in [-0.2, 0) is 0 Å². The van der Waals surface area contributed by atoms with E-state index in [2.05, 4.69) is 25.7 Å². The van der Waals surface area contributed by atoms with Gasteiger partial charge in [-0.2, -0.15) is 15.0 Å². The number of hydrazine groups is 1. The molecule has 0 unspecified atom stereocenters. The molecular weight excluding hydrogens is 239 g/mol. The molecule has 8 heteroatoms. The predicted molar refractivity (Wildman–Crippen MR) is 63.9 cm³/mol. The number of methoxy groups -OCH3 is 1. The van der Waals surface area contributed by atoms with Crippen molar-refractivity contribution in [3.63, 3.8) is 0 Å². The zero-order valence-corrected chi connectivity index (χ0v) is 9.51. The summed E-state index contributed by atoms with van der Waals surface area (Å²) in [5.74, 6) is 5.19. The molecular formula is C10H11FN6O. The molecule has 0 saturated heterocycles. The standard InChI is InChI=1S/C10H11FN6O/c1-18-10-15-8(14-9(16-10)17-12)13-7-4-2-3-6(11)5-7/h2-5H,12H2,1H3,(H2,13,14,15,16,17). The van der Waals surface area contributed by atoms with Gasteiger partial charge in [-0.05, 0) is 18.2 Å². The van der Waals surface area contributed by atoms with Gasteiger partial charge in [-0.3, -0.25) is 5.43 Å². The summed E-state index contributed by atoms with van der Waals surface area (Å²) in [6, 6.07) is 5.99. The Kier molecular flexibility index (Phi) is 3.49. The molecule has 2 rings (SSSR count). The molecule has 0 aliphatic heterocycles. The van der Waals surface area contributed by atoms with Crippen LogP contribution in [0.3, 0.4) is 0 Å². The lowest BCUT2D eigenvalue weighted by Gasteiger charge is -2.07. The first-order valence-corrected chi connectivity index (χ1v) is 5.00. The fourth-order valence-corrected chi connectivity index (χ4v) is 1.26. The number of rotatable bonds is 4. The molecule has 0 spiro atoms. The molecule has 2 aromatic rings. The van der Waals surface area contributed by atoms with Crippen LogP contribution in [-0.4, -0.2) is 22.1 Å². The van der Waals surface area contributed by atoms with Crippen molar-refractivity contribution < 1.29 is 9.13 Å². The Bertz CT molecular complexity index is 527. The van der Waals surface area contributed by atoms with E-state index in [0.717, 1.165) is 0 Å². The average molecular weight is 250 g/mol. The van der Waals surface area contributed by atoms with Gasteiger partial charge in [-0.15, -0.1) is 0 Å². The minimum Gasteiger partial charge on any atom is -0.467 e. The Morgan fingerprint density at radius 3 is 2.67 bits per heavy atom. The number of halogens is 1. The molecule has 0 bridgehead atoms. The van der Waals surface area contributed by atoms with Crippen molar-refractivity contribution in [2.24, 2.45) is 5.84 Å². The van der Waals surface area contributed by atoms with Gasteiger partial charge in [0.25, 0.3) is 0 Å². The van der Waals surface area contributed by atoms with E-state index < -0.39 is 0 Å². The van der Waals surface area contributed by atoms with Crippen LogP contribution < -0.4 is 21.3 Å². The van der Waals surface area contributed by atoms with Crippen molar-refractivity contribution >= 4 is 17.6 Å². The zero-order chi connectivity index (χ0) is 13.0. The van der Waals surface area contributed by atoms with E-state index in [1.807, 2.05) is 0 Å². The molecule has 1 heterocycles. The van der Waals surface area contributed by atoms with Crippen LogP contribution in [0.5, 0.6) is 6.01 Å². The largest absolute Gasteiger partial charge is 0.467 e. The molecule has 1 aromatic carbocycles. The first kappa shape index (κ1) is 12.0. The topological polar surface area (TPSA) is 98.0 Å². The lowest BCUT2D eigenvalue weighted by atomic mass is 10.3. The molecule has 18 heavy (non-hydrogen) atoms. The van der Waals surface area contributed by atoms with Crippen LogP contribution in [0.1, 0.15) is 0 Å². The SMILES string of the molecule is COc1nc(NN)nc(Nc2cccc(F)c2)n1. The van der Waals surface area contributed by atoms with E-state index in [0.29, 0.717) is 5.69 Å². The van der Waals surface area contributed by atoms with Gasteiger partial charge in [0.1, 0.15) is 5.82 Å². The minimum absolute atomic E-state index is 0.0943. The van der Waals surface area contributed by atoms with Gasteiger partial charge >= 0.3 is 6.01 Å². The van der Waals surface area contributed by atoms with Crippen molar-refractivity contribution in [1.29, 1.82) is 0 Å². The van der Waals surface area contributed by atoms with Gasteiger partial charge in [0, 0.05) is 5.69 Å². The number of aromatic nitrogens is 3. The Morgan fingerprint density at radius 1 is 1.22 bits per heavy atom. The molecule has 0 aliphatic rings. The molecule has 0 amide bonds. The fourth-order valence-electron chi connectivity index (χ4n) is 1.26. The number of benzene rings is 1. The zero-order valence-electron chi connectivity index (χ0n) is 9.51. The summed E-state index contributed by atoms with van der Waals surface area (Å²) in [4.78, 5) is 11.7. The molecule has 0 radical (unpaired) electrons. The Morgan fingerprint density at radius 2 is 2.00 bits per heavy atom. The summed E-state index contributed by atoms with van der Waals surface area (Å²) in [7, 11) is 1.42. The van der Waals surface area contributed by atoms with Crippen molar-refractivity contribution in [2.45, 2.75) is 0 Å². The summed E-state index contributed by atoms with van der Waals surface area (Å²) in [6.45, 7) is 0. The summed E-state index contributed by atoms with van der Waals surface area (Å²) in [5, 5.41) is 2.82. The van der Waals surface area contributed by atoms with E-state index in [-0.39, 0.29) is 23.7 Å². The third-order valence-corrected chi connectivity index (χ3v) is 2.01. The quantitative estimate of drug-likeness (QED) is 0.551. The Hall–Kier alpha value is -2.48. The number of hydrogen-bond donors (Lipinski definition) is 3. The van der Waals surface area contributed by atoms with Crippen molar-refractivity contribution in [3.8, 4) is 6.01 Å². The highest BCUT2D eigenvalue weighted by atomic mass is 19.1. The number of anilines is 3. The smallest absolute Gasteiger partial charge is 0.322 e. The molecule has 0 aliphatic carbocycles. The van der Waals surface area contributed by atoms with E-state index in [4.69, 9.17) is 10.6 Å². The molecule has 94 valence electrons. The highest BCUT2D eigenvalue weighted by Crippen LogP contribution is 2.16. The number of nitrogens with one attached hydrogen (secondary N) is 2. The van der Waals surface area contributed by atoms with Gasteiger partial charge < -0.3 is 10.1 Å². The van der Waals surface area contributed by atoms with Crippen molar-refractivity contribution in [1.82, 2.24) is 15.0 Å². The normalized spacial score (nSPS) is 9.94. The first-order chi connectivity index (χ1) is 8.71. The van der Waals surface area contributed by atoms with Crippen LogP contribution >= 0.6 is 0 Å². The van der Waals surface area contributed by atoms with E-state index in [9.17, 15) is 4.39 Å². The van der Waals surface area contributed by atoms with Crippen LogP contribution in [0, 0.1) is 5.82 Å².